The minimum atomic E-state index is -3.88. The van der Waals surface area contributed by atoms with E-state index in [9.17, 15) is 26.7 Å². The second-order valence-electron chi connectivity index (χ2n) is 6.30. The maximum absolute atomic E-state index is 12.5. The summed E-state index contributed by atoms with van der Waals surface area (Å²) >= 11 is 0. The molecule has 2 aromatic carbocycles. The lowest BCUT2D eigenvalue weighted by atomic mass is 10.1. The summed E-state index contributed by atoms with van der Waals surface area (Å²) in [5.41, 5.74) is 0.248. The lowest BCUT2D eigenvalue weighted by Crippen LogP contribution is -2.03. The van der Waals surface area contributed by atoms with E-state index >= 15 is 0 Å². The summed E-state index contributed by atoms with van der Waals surface area (Å²) in [5, 5.41) is 12.3. The molecule has 0 aliphatic carbocycles. The molecule has 146 valence electrons. The Hall–Kier alpha value is -3.23. The maximum Gasteiger partial charge on any atom is 0.211 e. The van der Waals surface area contributed by atoms with Crippen LogP contribution < -0.4 is 5.11 Å². The summed E-state index contributed by atoms with van der Waals surface area (Å²) in [6.45, 7) is 0. The van der Waals surface area contributed by atoms with Gasteiger partial charge in [-0.2, -0.15) is 0 Å². The predicted molar refractivity (Wildman–Crippen MR) is 105 cm³/mol. The third-order valence-corrected chi connectivity index (χ3v) is 8.26. The van der Waals surface area contributed by atoms with E-state index in [1.54, 1.807) is 24.3 Å². The largest absolute Gasteiger partial charge is 0.871 e. The van der Waals surface area contributed by atoms with Gasteiger partial charge < -0.3 is 5.11 Å². The van der Waals surface area contributed by atoms with Gasteiger partial charge in [-0.05, 0) is 35.9 Å². The summed E-state index contributed by atoms with van der Waals surface area (Å²) in [6.07, 6.45) is 6.30. The second-order valence-corrected chi connectivity index (χ2v) is 10.1. The first-order valence-electron chi connectivity index (χ1n) is 8.46. The molecule has 0 spiro atoms. The van der Waals surface area contributed by atoms with Gasteiger partial charge >= 0.3 is 0 Å². The van der Waals surface area contributed by atoms with Crippen LogP contribution in [0, 0.1) is 0 Å². The van der Waals surface area contributed by atoms with Crippen molar-refractivity contribution >= 4 is 31.2 Å². The number of hydrogen-bond donors (Lipinski definition) is 0. The van der Waals surface area contributed by atoms with Crippen molar-refractivity contribution in [3.63, 3.8) is 0 Å². The van der Waals surface area contributed by atoms with Crippen LogP contribution >= 0.6 is 0 Å². The van der Waals surface area contributed by atoms with Crippen LogP contribution in [-0.4, -0.2) is 22.6 Å². The fourth-order valence-corrected chi connectivity index (χ4v) is 6.32. The van der Waals surface area contributed by atoms with Crippen LogP contribution in [-0.2, 0) is 19.7 Å². The Morgan fingerprint density at radius 3 is 1.93 bits per heavy atom. The Labute approximate surface area is 167 Å². The van der Waals surface area contributed by atoms with Gasteiger partial charge in [0, 0.05) is 5.56 Å². The number of allylic oxidation sites excluding steroid dienone is 6. The van der Waals surface area contributed by atoms with Gasteiger partial charge in [-0.25, -0.2) is 16.8 Å². The van der Waals surface area contributed by atoms with Crippen molar-refractivity contribution < 1.29 is 26.7 Å². The number of rotatable bonds is 3. The van der Waals surface area contributed by atoms with E-state index in [4.69, 9.17) is 0 Å². The number of ketones is 1. The smallest absolute Gasteiger partial charge is 0.211 e. The zero-order valence-electron chi connectivity index (χ0n) is 14.8. The number of carbonyl (C=O) groups excluding carboxylic acids is 1. The monoisotopic (exact) mass is 425 g/mol. The normalized spacial score (nSPS) is 20.7. The van der Waals surface area contributed by atoms with Gasteiger partial charge in [0.05, 0.1) is 14.7 Å². The van der Waals surface area contributed by atoms with E-state index < -0.39 is 31.2 Å². The van der Waals surface area contributed by atoms with Gasteiger partial charge in [0.25, 0.3) is 0 Å². The summed E-state index contributed by atoms with van der Waals surface area (Å²) in [5.74, 6) is -1.18. The topological polar surface area (TPSA) is 108 Å². The van der Waals surface area contributed by atoms with E-state index in [1.165, 1.54) is 42.5 Å². The Balaban J connectivity index is 1.61. The van der Waals surface area contributed by atoms with E-state index in [0.29, 0.717) is 0 Å². The third-order valence-electron chi connectivity index (χ3n) is 4.59. The molecule has 0 unspecified atom stereocenters. The molecular formula is C21H13O6S2-. The van der Waals surface area contributed by atoms with E-state index in [0.717, 1.165) is 12.2 Å². The standard InChI is InChI=1S/C21H14O6S2/c22-20-14-8-4-6-10-16(14)28(24,25)18(20)12-2-1-3-13-19-21(23)15-9-5-7-11-17(15)29(19,26)27/h1-13,22H/p-1/b3-1+,12-2+,19-13+. The molecule has 2 aliphatic heterocycles. The molecule has 0 saturated heterocycles. The molecule has 0 saturated carbocycles. The Kier molecular flexibility index (Phi) is 4.40. The fraction of sp³-hybridized carbons (Fsp3) is 0. The van der Waals surface area contributed by atoms with E-state index in [-0.39, 0.29) is 30.7 Å². The fourth-order valence-electron chi connectivity index (χ4n) is 3.20. The molecule has 0 fully saturated rings. The van der Waals surface area contributed by atoms with Crippen LogP contribution in [0.5, 0.6) is 0 Å². The van der Waals surface area contributed by atoms with Gasteiger partial charge in [-0.1, -0.05) is 54.3 Å². The number of Topliss-reactive ketones (excluding diaryl/α,β-unsaturated/α-hetero) is 1. The van der Waals surface area contributed by atoms with Crippen LogP contribution in [0.3, 0.4) is 0 Å². The number of sulfone groups is 2. The molecule has 6 nitrogen and oxygen atoms in total. The number of benzene rings is 2. The number of hydrogen-bond acceptors (Lipinski definition) is 6. The minimum absolute atomic E-state index is 0.0313. The molecule has 0 atom stereocenters. The first kappa shape index (κ1) is 19.1. The Bertz CT molecular complexity index is 1390. The van der Waals surface area contributed by atoms with Crippen LogP contribution in [0.15, 0.2) is 98.5 Å². The number of fused-ring (bicyclic) bond motifs is 2. The van der Waals surface area contributed by atoms with Crippen molar-refractivity contribution in [2.45, 2.75) is 9.79 Å². The Morgan fingerprint density at radius 2 is 1.31 bits per heavy atom. The van der Waals surface area contributed by atoms with Crippen LogP contribution in [0.4, 0.5) is 0 Å². The molecular weight excluding hydrogens is 412 g/mol. The molecule has 0 bridgehead atoms. The van der Waals surface area contributed by atoms with Crippen LogP contribution in [0.2, 0.25) is 0 Å². The van der Waals surface area contributed by atoms with Gasteiger partial charge in [-0.3, -0.25) is 4.79 Å². The molecule has 0 N–H and O–H groups in total. The van der Waals surface area contributed by atoms with Crippen molar-refractivity contribution in [1.82, 2.24) is 0 Å². The molecule has 4 rings (SSSR count). The average molecular weight is 425 g/mol. The van der Waals surface area contributed by atoms with Gasteiger partial charge in [0.1, 0.15) is 4.91 Å². The second kappa shape index (κ2) is 6.68. The highest BCUT2D eigenvalue weighted by atomic mass is 32.2. The highest BCUT2D eigenvalue weighted by Gasteiger charge is 2.38. The SMILES string of the molecule is O=C1\C(=C/C=C/C=C/C2=C([O-])c3ccccc3S2(=O)=O)S(=O)(=O)c2ccccc21. The molecule has 2 aliphatic rings. The zero-order valence-corrected chi connectivity index (χ0v) is 16.4. The van der Waals surface area contributed by atoms with Gasteiger partial charge in [0.15, 0.2) is 0 Å². The quantitative estimate of drug-likeness (QED) is 0.551. The lowest BCUT2D eigenvalue weighted by Gasteiger charge is -2.07. The maximum atomic E-state index is 12.5. The van der Waals surface area contributed by atoms with E-state index in [1.807, 2.05) is 0 Å². The van der Waals surface area contributed by atoms with Crippen molar-refractivity contribution in [1.29, 1.82) is 0 Å². The van der Waals surface area contributed by atoms with Crippen molar-refractivity contribution in [3.8, 4) is 0 Å². The van der Waals surface area contributed by atoms with Gasteiger partial charge in [-0.15, -0.1) is 0 Å². The van der Waals surface area contributed by atoms with Gasteiger partial charge in [0.2, 0.25) is 25.5 Å². The zero-order chi connectivity index (χ0) is 20.8. The summed E-state index contributed by atoms with van der Waals surface area (Å²) in [7, 11) is -7.76. The molecule has 8 heteroatoms. The third kappa shape index (κ3) is 2.88. The molecule has 29 heavy (non-hydrogen) atoms. The molecule has 0 aromatic heterocycles. The van der Waals surface area contributed by atoms with Crippen molar-refractivity contribution in [3.05, 3.63) is 99.8 Å². The summed E-state index contributed by atoms with van der Waals surface area (Å²) in [6, 6.07) is 11.9. The predicted octanol–water partition coefficient (Wildman–Crippen LogP) is 2.17. The Morgan fingerprint density at radius 1 is 0.724 bits per heavy atom. The first-order valence-corrected chi connectivity index (χ1v) is 11.4. The molecule has 2 heterocycles. The van der Waals surface area contributed by atoms with Crippen LogP contribution in [0.1, 0.15) is 15.9 Å². The van der Waals surface area contributed by atoms with Crippen molar-refractivity contribution in [2.75, 3.05) is 0 Å². The van der Waals surface area contributed by atoms with Crippen LogP contribution in [0.25, 0.3) is 5.76 Å². The molecule has 0 radical (unpaired) electrons. The summed E-state index contributed by atoms with van der Waals surface area (Å²) < 4.78 is 49.8. The molecule has 2 aromatic rings. The average Bonchev–Trinajstić information content (AvgIpc) is 3.02. The van der Waals surface area contributed by atoms with Crippen molar-refractivity contribution in [2.24, 2.45) is 0 Å². The van der Waals surface area contributed by atoms with E-state index in [2.05, 4.69) is 0 Å². The summed E-state index contributed by atoms with van der Waals surface area (Å²) in [4.78, 5) is 11.5. The molecule has 0 amide bonds. The first-order chi connectivity index (χ1) is 13.8. The highest BCUT2D eigenvalue weighted by Crippen LogP contribution is 2.36. The minimum Gasteiger partial charge on any atom is -0.871 e. The highest BCUT2D eigenvalue weighted by molar-refractivity contribution is 7.97. The lowest BCUT2D eigenvalue weighted by molar-refractivity contribution is -0.244. The number of carbonyl (C=O) groups is 1.